The van der Waals surface area contributed by atoms with Crippen molar-refractivity contribution in [3.8, 4) is 0 Å². The van der Waals surface area contributed by atoms with Gasteiger partial charge in [-0.2, -0.15) is 0 Å². The number of sulfonamides is 1. The second-order valence-corrected chi connectivity index (χ2v) is 11.6. The van der Waals surface area contributed by atoms with Crippen LogP contribution in [0.25, 0.3) is 0 Å². The molecule has 0 fully saturated rings. The lowest BCUT2D eigenvalue weighted by atomic mass is 10.2. The maximum atomic E-state index is 13.5. The minimum Gasteiger partial charge on any atom is -0.350 e. The number of carbonyl (C=O) groups is 2. The molecule has 7 nitrogen and oxygen atoms in total. The minimum atomic E-state index is -3.86. The Hall–Kier alpha value is -4.19. The standard InChI is InChI=1S/C28H18ClF2N3O4S2/c29-17-1-15-24(16-2-17)40(37,38)33-21-9-13-23(14-10-21)39-26-25(32-20-7-3-18(30)4-8-20)27(35)34(28(26)36)22-11-5-19(31)6-12-22/h1-16,32-33H. The highest BCUT2D eigenvalue weighted by atomic mass is 35.5. The van der Waals surface area contributed by atoms with Crippen LogP contribution in [0.15, 0.2) is 117 Å². The fraction of sp³-hybridized carbons (Fsp3) is 0. The van der Waals surface area contributed by atoms with Gasteiger partial charge in [-0.3, -0.25) is 14.3 Å². The highest BCUT2D eigenvalue weighted by Crippen LogP contribution is 2.38. The van der Waals surface area contributed by atoms with E-state index >= 15 is 0 Å². The van der Waals surface area contributed by atoms with E-state index in [0.717, 1.165) is 28.8 Å². The maximum absolute atomic E-state index is 13.5. The zero-order valence-electron chi connectivity index (χ0n) is 20.3. The molecular formula is C28H18ClF2N3O4S2. The number of hydrogen-bond acceptors (Lipinski definition) is 6. The van der Waals surface area contributed by atoms with E-state index in [-0.39, 0.29) is 26.9 Å². The number of amides is 2. The van der Waals surface area contributed by atoms with Crippen molar-refractivity contribution in [2.24, 2.45) is 0 Å². The Kier molecular flexibility index (Phi) is 7.61. The maximum Gasteiger partial charge on any atom is 0.283 e. The summed E-state index contributed by atoms with van der Waals surface area (Å²) in [6, 6.07) is 22.1. The second kappa shape index (κ2) is 11.1. The van der Waals surface area contributed by atoms with Crippen molar-refractivity contribution in [2.45, 2.75) is 9.79 Å². The smallest absolute Gasteiger partial charge is 0.283 e. The van der Waals surface area contributed by atoms with E-state index in [4.69, 9.17) is 11.6 Å². The van der Waals surface area contributed by atoms with E-state index in [1.165, 1.54) is 72.8 Å². The number of carbonyl (C=O) groups excluding carboxylic acids is 2. The molecule has 2 amide bonds. The number of imide groups is 1. The van der Waals surface area contributed by atoms with Gasteiger partial charge in [0.2, 0.25) is 0 Å². The average Bonchev–Trinajstić information content (AvgIpc) is 3.15. The van der Waals surface area contributed by atoms with Crippen LogP contribution >= 0.6 is 23.4 Å². The van der Waals surface area contributed by atoms with Gasteiger partial charge in [0.15, 0.2) is 0 Å². The molecule has 0 aliphatic carbocycles. The van der Waals surface area contributed by atoms with Crippen LogP contribution in [-0.4, -0.2) is 20.2 Å². The molecular weight excluding hydrogens is 580 g/mol. The molecule has 0 saturated heterocycles. The van der Waals surface area contributed by atoms with Gasteiger partial charge < -0.3 is 5.32 Å². The van der Waals surface area contributed by atoms with Crippen molar-refractivity contribution >= 4 is 62.3 Å². The molecule has 1 heterocycles. The van der Waals surface area contributed by atoms with E-state index in [1.54, 1.807) is 12.1 Å². The number of nitrogens with zero attached hydrogens (tertiary/aromatic N) is 1. The molecule has 0 radical (unpaired) electrons. The number of nitrogens with one attached hydrogen (secondary N) is 2. The van der Waals surface area contributed by atoms with Crippen LogP contribution < -0.4 is 14.9 Å². The molecule has 40 heavy (non-hydrogen) atoms. The van der Waals surface area contributed by atoms with Crippen LogP contribution in [0, 0.1) is 11.6 Å². The number of benzene rings is 4. The normalized spacial score (nSPS) is 13.6. The van der Waals surface area contributed by atoms with Gasteiger partial charge in [-0.05, 0) is 97.1 Å². The van der Waals surface area contributed by atoms with E-state index in [9.17, 15) is 26.8 Å². The van der Waals surface area contributed by atoms with Crippen LogP contribution in [0.4, 0.5) is 25.8 Å². The van der Waals surface area contributed by atoms with Gasteiger partial charge in [-0.15, -0.1) is 0 Å². The Bertz CT molecular complexity index is 1730. The van der Waals surface area contributed by atoms with E-state index in [0.29, 0.717) is 15.6 Å². The highest BCUT2D eigenvalue weighted by molar-refractivity contribution is 8.04. The van der Waals surface area contributed by atoms with Crippen molar-refractivity contribution in [1.82, 2.24) is 0 Å². The first-order valence-electron chi connectivity index (χ1n) is 11.6. The van der Waals surface area contributed by atoms with E-state index in [2.05, 4.69) is 10.0 Å². The lowest BCUT2D eigenvalue weighted by Crippen LogP contribution is -2.32. The average molecular weight is 598 g/mol. The largest absolute Gasteiger partial charge is 0.350 e. The van der Waals surface area contributed by atoms with Gasteiger partial charge in [0.25, 0.3) is 21.8 Å². The SMILES string of the molecule is O=C1C(Nc2ccc(F)cc2)=C(Sc2ccc(NS(=O)(=O)c3ccc(Cl)cc3)cc2)C(=O)N1c1ccc(F)cc1. The summed E-state index contributed by atoms with van der Waals surface area (Å²) in [4.78, 5) is 28.3. The van der Waals surface area contributed by atoms with Gasteiger partial charge in [0.05, 0.1) is 10.6 Å². The zero-order valence-corrected chi connectivity index (χ0v) is 22.7. The molecule has 5 rings (SSSR count). The predicted octanol–water partition coefficient (Wildman–Crippen LogP) is 6.41. The molecule has 0 bridgehead atoms. The number of thioether (sulfide) groups is 1. The highest BCUT2D eigenvalue weighted by Gasteiger charge is 2.40. The van der Waals surface area contributed by atoms with Gasteiger partial charge in [0, 0.05) is 21.3 Å². The van der Waals surface area contributed by atoms with Gasteiger partial charge >= 0.3 is 0 Å². The summed E-state index contributed by atoms with van der Waals surface area (Å²) in [6.45, 7) is 0. The van der Waals surface area contributed by atoms with E-state index < -0.39 is 33.5 Å². The van der Waals surface area contributed by atoms with Crippen LogP contribution in [0.5, 0.6) is 0 Å². The quantitative estimate of drug-likeness (QED) is 0.228. The number of halogens is 3. The van der Waals surface area contributed by atoms with Crippen molar-refractivity contribution in [3.05, 3.63) is 124 Å². The number of anilines is 3. The molecule has 202 valence electrons. The van der Waals surface area contributed by atoms with Crippen molar-refractivity contribution in [1.29, 1.82) is 0 Å². The summed E-state index contributed by atoms with van der Waals surface area (Å²) in [5, 5.41) is 3.30. The Labute approximate surface area is 237 Å². The second-order valence-electron chi connectivity index (χ2n) is 8.44. The summed E-state index contributed by atoms with van der Waals surface area (Å²) in [5.74, 6) is -2.31. The summed E-state index contributed by atoms with van der Waals surface area (Å²) in [5.41, 5.74) is 0.791. The Morgan fingerprint density at radius 1 is 0.700 bits per heavy atom. The van der Waals surface area contributed by atoms with Gasteiger partial charge in [-0.1, -0.05) is 23.4 Å². The van der Waals surface area contributed by atoms with Crippen molar-refractivity contribution in [2.75, 3.05) is 14.9 Å². The van der Waals surface area contributed by atoms with Crippen LogP contribution in [0.1, 0.15) is 0 Å². The summed E-state index contributed by atoms with van der Waals surface area (Å²) < 4.78 is 54.7. The lowest BCUT2D eigenvalue weighted by Gasteiger charge is -2.15. The van der Waals surface area contributed by atoms with Crippen molar-refractivity contribution in [3.63, 3.8) is 0 Å². The van der Waals surface area contributed by atoms with Crippen LogP contribution in [-0.2, 0) is 19.6 Å². The molecule has 1 aliphatic heterocycles. The topological polar surface area (TPSA) is 95.6 Å². The fourth-order valence-corrected chi connectivity index (χ4v) is 5.86. The minimum absolute atomic E-state index is 0.0352. The third-order valence-corrected chi connectivity index (χ3v) is 8.43. The third-order valence-electron chi connectivity index (χ3n) is 5.69. The molecule has 4 aromatic rings. The zero-order chi connectivity index (χ0) is 28.4. The van der Waals surface area contributed by atoms with Gasteiger partial charge in [-0.25, -0.2) is 22.1 Å². The Morgan fingerprint density at radius 3 is 1.85 bits per heavy atom. The first-order valence-corrected chi connectivity index (χ1v) is 14.3. The molecule has 0 spiro atoms. The molecule has 2 N–H and O–H groups in total. The number of hydrogen-bond donors (Lipinski definition) is 2. The lowest BCUT2D eigenvalue weighted by molar-refractivity contribution is -0.120. The third kappa shape index (κ3) is 5.86. The number of rotatable bonds is 8. The molecule has 0 atom stereocenters. The van der Waals surface area contributed by atoms with Gasteiger partial charge in [0.1, 0.15) is 22.2 Å². The molecule has 4 aromatic carbocycles. The predicted molar refractivity (Wildman–Crippen MR) is 151 cm³/mol. The van der Waals surface area contributed by atoms with E-state index in [1.807, 2.05) is 0 Å². The summed E-state index contributed by atoms with van der Waals surface area (Å²) in [6.07, 6.45) is 0. The molecule has 0 unspecified atom stereocenters. The molecule has 0 aromatic heterocycles. The molecule has 1 aliphatic rings. The Balaban J connectivity index is 1.42. The van der Waals surface area contributed by atoms with Crippen LogP contribution in [0.2, 0.25) is 5.02 Å². The summed E-state index contributed by atoms with van der Waals surface area (Å²) >= 11 is 6.82. The van der Waals surface area contributed by atoms with Crippen molar-refractivity contribution < 1.29 is 26.8 Å². The van der Waals surface area contributed by atoms with Crippen LogP contribution in [0.3, 0.4) is 0 Å². The first kappa shape index (κ1) is 27.4. The molecule has 0 saturated carbocycles. The summed E-state index contributed by atoms with van der Waals surface area (Å²) in [7, 11) is -3.86. The molecule has 12 heteroatoms. The Morgan fingerprint density at radius 2 is 1.25 bits per heavy atom. The monoisotopic (exact) mass is 597 g/mol. The fourth-order valence-electron chi connectivity index (χ4n) is 3.75. The first-order chi connectivity index (χ1) is 19.1.